The average molecular weight is 468 g/mol. The first kappa shape index (κ1) is 20.3. The number of hydrogen-bond donors (Lipinski definition) is 1. The number of aromatic nitrogens is 2. The number of thiophene rings is 1. The highest BCUT2D eigenvalue weighted by Gasteiger charge is 2.24. The van der Waals surface area contributed by atoms with Crippen LogP contribution in [0, 0.1) is 0 Å². The molecule has 0 unspecified atom stereocenters. The molecule has 0 radical (unpaired) electrons. The summed E-state index contributed by atoms with van der Waals surface area (Å²) in [5.41, 5.74) is 2.52. The van der Waals surface area contributed by atoms with Crippen LogP contribution in [0.5, 0.6) is 0 Å². The second kappa shape index (κ2) is 8.49. The van der Waals surface area contributed by atoms with Crippen molar-refractivity contribution >= 4 is 56.5 Å². The number of halogens is 1. The number of aryl methyl sites for hydroxylation is 2. The molecule has 2 heterocycles. The van der Waals surface area contributed by atoms with Crippen LogP contribution in [-0.4, -0.2) is 21.2 Å². The first-order valence-corrected chi connectivity index (χ1v) is 12.1. The van der Waals surface area contributed by atoms with Crippen molar-refractivity contribution in [3.8, 4) is 5.69 Å². The lowest BCUT2D eigenvalue weighted by atomic mass is 10.2. The van der Waals surface area contributed by atoms with Crippen molar-refractivity contribution < 1.29 is 4.79 Å². The van der Waals surface area contributed by atoms with Crippen molar-refractivity contribution in [2.24, 2.45) is 0 Å². The van der Waals surface area contributed by atoms with Crippen LogP contribution in [0.25, 0.3) is 15.9 Å². The third-order valence-electron chi connectivity index (χ3n) is 5.18. The van der Waals surface area contributed by atoms with Gasteiger partial charge in [-0.1, -0.05) is 41.6 Å². The van der Waals surface area contributed by atoms with E-state index in [0.29, 0.717) is 15.9 Å². The van der Waals surface area contributed by atoms with Gasteiger partial charge in [-0.3, -0.25) is 14.2 Å². The van der Waals surface area contributed by atoms with Crippen molar-refractivity contribution in [1.82, 2.24) is 9.55 Å². The number of benzene rings is 2. The number of carbonyl (C=O) groups excluding carboxylic acids is 1. The van der Waals surface area contributed by atoms with Crippen molar-refractivity contribution in [3.05, 3.63) is 80.4 Å². The Bertz CT molecular complexity index is 1330. The number of fused-ring (bicyclic) bond motifs is 3. The van der Waals surface area contributed by atoms with Gasteiger partial charge < -0.3 is 5.32 Å². The van der Waals surface area contributed by atoms with Crippen LogP contribution in [0.2, 0.25) is 5.02 Å². The maximum Gasteiger partial charge on any atom is 0.267 e. The van der Waals surface area contributed by atoms with E-state index in [1.807, 2.05) is 30.3 Å². The maximum atomic E-state index is 13.5. The Balaban J connectivity index is 1.49. The minimum Gasteiger partial charge on any atom is -0.325 e. The van der Waals surface area contributed by atoms with Gasteiger partial charge in [-0.05, 0) is 61.2 Å². The minimum absolute atomic E-state index is 0.0591. The summed E-state index contributed by atoms with van der Waals surface area (Å²) in [4.78, 5) is 32.9. The lowest BCUT2D eigenvalue weighted by molar-refractivity contribution is -0.113. The Morgan fingerprint density at radius 3 is 2.68 bits per heavy atom. The van der Waals surface area contributed by atoms with Gasteiger partial charge in [0.1, 0.15) is 4.83 Å². The van der Waals surface area contributed by atoms with E-state index in [1.165, 1.54) is 16.6 Å². The molecule has 4 aromatic rings. The molecule has 5 rings (SSSR count). The Labute approximate surface area is 192 Å². The first-order chi connectivity index (χ1) is 15.1. The van der Waals surface area contributed by atoms with Gasteiger partial charge in [0.25, 0.3) is 5.56 Å². The quantitative estimate of drug-likeness (QED) is 0.318. The molecule has 5 nitrogen and oxygen atoms in total. The van der Waals surface area contributed by atoms with Gasteiger partial charge >= 0.3 is 0 Å². The summed E-state index contributed by atoms with van der Waals surface area (Å²) in [7, 11) is 0. The van der Waals surface area contributed by atoms with Crippen molar-refractivity contribution in [1.29, 1.82) is 0 Å². The van der Waals surface area contributed by atoms with E-state index >= 15 is 0 Å². The number of hydrogen-bond acceptors (Lipinski definition) is 5. The van der Waals surface area contributed by atoms with Gasteiger partial charge in [-0.25, -0.2) is 4.98 Å². The Hall–Kier alpha value is -2.61. The largest absolute Gasteiger partial charge is 0.325 e. The predicted octanol–water partition coefficient (Wildman–Crippen LogP) is 5.32. The average Bonchev–Trinajstić information content (AvgIpc) is 3.35. The van der Waals surface area contributed by atoms with E-state index in [-0.39, 0.29) is 17.2 Å². The molecule has 1 aliphatic carbocycles. The van der Waals surface area contributed by atoms with Gasteiger partial charge in [-0.2, -0.15) is 0 Å². The summed E-state index contributed by atoms with van der Waals surface area (Å²) >= 11 is 8.77. The molecule has 1 aliphatic rings. The molecule has 2 aromatic heterocycles. The number of thioether (sulfide) groups is 1. The van der Waals surface area contributed by atoms with Gasteiger partial charge in [0.2, 0.25) is 5.91 Å². The molecule has 31 heavy (non-hydrogen) atoms. The van der Waals surface area contributed by atoms with Crippen LogP contribution in [0.4, 0.5) is 5.69 Å². The summed E-state index contributed by atoms with van der Waals surface area (Å²) in [6, 6.07) is 16.4. The highest BCUT2D eigenvalue weighted by molar-refractivity contribution is 7.99. The van der Waals surface area contributed by atoms with Crippen molar-refractivity contribution in [3.63, 3.8) is 0 Å². The molecule has 0 spiro atoms. The zero-order valence-corrected chi connectivity index (χ0v) is 18.8. The van der Waals surface area contributed by atoms with Crippen LogP contribution < -0.4 is 10.9 Å². The van der Waals surface area contributed by atoms with Gasteiger partial charge in [0.05, 0.1) is 16.8 Å². The van der Waals surface area contributed by atoms with E-state index < -0.39 is 0 Å². The SMILES string of the molecule is O=C(CSc1nc2sc3c(c2c(=O)n1-c1ccccc1)CCC3)Nc1ccc(Cl)cc1. The molecule has 0 aliphatic heterocycles. The molecule has 2 aromatic carbocycles. The fraction of sp³-hybridized carbons (Fsp3) is 0.174. The molecule has 0 saturated heterocycles. The van der Waals surface area contributed by atoms with Gasteiger partial charge in [-0.15, -0.1) is 11.3 Å². The van der Waals surface area contributed by atoms with Crippen LogP contribution in [0.1, 0.15) is 16.9 Å². The molecule has 0 bridgehead atoms. The lowest BCUT2D eigenvalue weighted by Gasteiger charge is -2.12. The topological polar surface area (TPSA) is 64.0 Å². The maximum absolute atomic E-state index is 13.5. The molecule has 156 valence electrons. The molecule has 1 amide bonds. The molecule has 0 saturated carbocycles. The number of para-hydroxylation sites is 1. The Kier molecular flexibility index (Phi) is 5.56. The monoisotopic (exact) mass is 467 g/mol. The van der Waals surface area contributed by atoms with E-state index in [2.05, 4.69) is 5.32 Å². The van der Waals surface area contributed by atoms with Crippen LogP contribution in [-0.2, 0) is 17.6 Å². The van der Waals surface area contributed by atoms with Crippen LogP contribution >= 0.6 is 34.7 Å². The van der Waals surface area contributed by atoms with E-state index in [1.54, 1.807) is 40.2 Å². The Morgan fingerprint density at radius 1 is 1.13 bits per heavy atom. The second-order valence-corrected chi connectivity index (χ2v) is 9.71. The lowest BCUT2D eigenvalue weighted by Crippen LogP contribution is -2.23. The zero-order chi connectivity index (χ0) is 21.4. The smallest absolute Gasteiger partial charge is 0.267 e. The normalized spacial score (nSPS) is 12.8. The van der Waals surface area contributed by atoms with E-state index in [9.17, 15) is 9.59 Å². The first-order valence-electron chi connectivity index (χ1n) is 9.91. The summed E-state index contributed by atoms with van der Waals surface area (Å²) in [5.74, 6) is -0.0339. The van der Waals surface area contributed by atoms with E-state index in [4.69, 9.17) is 16.6 Å². The van der Waals surface area contributed by atoms with Gasteiger partial charge in [0.15, 0.2) is 5.16 Å². The highest BCUT2D eigenvalue weighted by atomic mass is 35.5. The molecule has 0 fully saturated rings. The minimum atomic E-state index is -0.171. The fourth-order valence-corrected chi connectivity index (χ4v) is 6.03. The molecule has 1 N–H and O–H groups in total. The Morgan fingerprint density at radius 2 is 1.90 bits per heavy atom. The number of amides is 1. The summed E-state index contributed by atoms with van der Waals surface area (Å²) in [5, 5.41) is 4.72. The number of carbonyl (C=O) groups is 1. The number of anilines is 1. The molecule has 0 atom stereocenters. The molecular weight excluding hydrogens is 450 g/mol. The molecular formula is C23H18ClN3O2S2. The third kappa shape index (κ3) is 4.01. The molecule has 8 heteroatoms. The highest BCUT2D eigenvalue weighted by Crippen LogP contribution is 2.36. The summed E-state index contributed by atoms with van der Waals surface area (Å²) in [6.45, 7) is 0. The predicted molar refractivity (Wildman–Crippen MR) is 128 cm³/mol. The fourth-order valence-electron chi connectivity index (χ4n) is 3.79. The van der Waals surface area contributed by atoms with Crippen molar-refractivity contribution in [2.45, 2.75) is 24.4 Å². The summed E-state index contributed by atoms with van der Waals surface area (Å²) in [6.07, 6.45) is 3.02. The standard InChI is InChI=1S/C23H18ClN3O2S2/c24-14-9-11-15(12-10-14)25-19(28)13-30-23-26-21-20(17-7-4-8-18(17)31-21)22(29)27(23)16-5-2-1-3-6-16/h1-3,5-6,9-12H,4,7-8,13H2,(H,25,28). The number of rotatable bonds is 5. The summed E-state index contributed by atoms with van der Waals surface area (Å²) < 4.78 is 1.63. The van der Waals surface area contributed by atoms with Gasteiger partial charge in [0, 0.05) is 15.6 Å². The number of nitrogens with zero attached hydrogens (tertiary/aromatic N) is 2. The third-order valence-corrected chi connectivity index (χ3v) is 7.56. The van der Waals surface area contributed by atoms with Crippen molar-refractivity contribution in [2.75, 3.05) is 11.1 Å². The zero-order valence-electron chi connectivity index (χ0n) is 16.4. The van der Waals surface area contributed by atoms with Crippen LogP contribution in [0.15, 0.2) is 64.5 Å². The number of nitrogens with one attached hydrogen (secondary N) is 1. The van der Waals surface area contributed by atoms with E-state index in [0.717, 1.165) is 40.7 Å². The van der Waals surface area contributed by atoms with Crippen LogP contribution in [0.3, 0.4) is 0 Å². The second-order valence-electron chi connectivity index (χ2n) is 7.25.